The van der Waals surface area contributed by atoms with E-state index in [1.165, 1.54) is 12.1 Å². The summed E-state index contributed by atoms with van der Waals surface area (Å²) in [4.78, 5) is 11.4. The van der Waals surface area contributed by atoms with Crippen LogP contribution in [0.2, 0.25) is 0 Å². The molecule has 1 aromatic rings. The van der Waals surface area contributed by atoms with Crippen molar-refractivity contribution in [1.29, 1.82) is 5.26 Å². The number of ether oxygens (including phenoxy) is 1. The number of hydrogen-bond donors (Lipinski definition) is 0. The van der Waals surface area contributed by atoms with Gasteiger partial charge in [-0.1, -0.05) is 15.9 Å². The van der Waals surface area contributed by atoms with Gasteiger partial charge < -0.3 is 4.74 Å². The summed E-state index contributed by atoms with van der Waals surface area (Å²) in [5.74, 6) is -0.618. The Morgan fingerprint density at radius 3 is 2.68 bits per heavy atom. The van der Waals surface area contributed by atoms with Gasteiger partial charge in [0.2, 0.25) is 0 Å². The molecular formula is C13H12BrF2NO2. The van der Waals surface area contributed by atoms with Crippen molar-refractivity contribution >= 4 is 21.9 Å². The molecular weight excluding hydrogens is 320 g/mol. The minimum absolute atomic E-state index is 0.0423. The van der Waals surface area contributed by atoms with Crippen molar-refractivity contribution < 1.29 is 18.3 Å². The largest absolute Gasteiger partial charge is 0.466 e. The van der Waals surface area contributed by atoms with E-state index in [1.54, 1.807) is 6.92 Å². The van der Waals surface area contributed by atoms with Gasteiger partial charge in [-0.15, -0.1) is 0 Å². The van der Waals surface area contributed by atoms with Crippen LogP contribution in [0.5, 0.6) is 0 Å². The first-order chi connectivity index (χ1) is 9.03. The van der Waals surface area contributed by atoms with Crippen LogP contribution >= 0.6 is 15.9 Å². The monoisotopic (exact) mass is 331 g/mol. The number of alkyl halides is 3. The van der Waals surface area contributed by atoms with E-state index in [0.717, 1.165) is 0 Å². The Morgan fingerprint density at radius 2 is 2.21 bits per heavy atom. The summed E-state index contributed by atoms with van der Waals surface area (Å²) >= 11 is 3.16. The number of esters is 1. The average Bonchev–Trinajstić information content (AvgIpc) is 2.38. The first-order valence-electron chi connectivity index (χ1n) is 5.59. The van der Waals surface area contributed by atoms with Crippen molar-refractivity contribution in [2.75, 3.05) is 6.61 Å². The molecule has 3 nitrogen and oxygen atoms in total. The molecule has 0 aliphatic rings. The van der Waals surface area contributed by atoms with Crippen LogP contribution < -0.4 is 0 Å². The highest BCUT2D eigenvalue weighted by molar-refractivity contribution is 9.08. The minimum atomic E-state index is -2.74. The Kier molecular flexibility index (Phi) is 5.90. The summed E-state index contributed by atoms with van der Waals surface area (Å²) in [6.07, 6.45) is -3.06. The lowest BCUT2D eigenvalue weighted by molar-refractivity contribution is -0.142. The Bertz CT molecular complexity index is 512. The number of nitriles is 1. The molecule has 0 saturated carbocycles. The van der Waals surface area contributed by atoms with Crippen LogP contribution in [-0.4, -0.2) is 12.6 Å². The highest BCUT2D eigenvalue weighted by Gasteiger charge is 2.20. The zero-order valence-electron chi connectivity index (χ0n) is 10.3. The maximum Gasteiger partial charge on any atom is 0.310 e. The van der Waals surface area contributed by atoms with Crippen molar-refractivity contribution in [2.24, 2.45) is 0 Å². The van der Waals surface area contributed by atoms with Crippen LogP contribution in [0, 0.1) is 11.3 Å². The number of nitrogens with zero attached hydrogens (tertiary/aromatic N) is 1. The first kappa shape index (κ1) is 15.6. The quantitative estimate of drug-likeness (QED) is 0.613. The maximum absolute atomic E-state index is 13.0. The fraction of sp³-hybridized carbons (Fsp3) is 0.385. The second kappa shape index (κ2) is 7.19. The third-order valence-corrected chi connectivity index (χ3v) is 3.13. The summed E-state index contributed by atoms with van der Waals surface area (Å²) in [5, 5.41) is 9.39. The van der Waals surface area contributed by atoms with Gasteiger partial charge in [-0.2, -0.15) is 5.26 Å². The lowest BCUT2D eigenvalue weighted by Gasteiger charge is -2.12. The molecule has 0 amide bonds. The number of benzene rings is 1. The third kappa shape index (κ3) is 4.00. The van der Waals surface area contributed by atoms with Gasteiger partial charge in [0.1, 0.15) is 0 Å². The van der Waals surface area contributed by atoms with Crippen LogP contribution in [-0.2, 0) is 21.3 Å². The van der Waals surface area contributed by atoms with E-state index < -0.39 is 12.4 Å². The Morgan fingerprint density at radius 1 is 1.53 bits per heavy atom. The van der Waals surface area contributed by atoms with E-state index in [4.69, 9.17) is 10.00 Å². The highest BCUT2D eigenvalue weighted by Crippen LogP contribution is 2.28. The lowest BCUT2D eigenvalue weighted by Crippen LogP contribution is -2.11. The first-order valence-corrected chi connectivity index (χ1v) is 6.71. The third-order valence-electron chi connectivity index (χ3n) is 2.48. The van der Waals surface area contributed by atoms with Crippen molar-refractivity contribution in [3.05, 3.63) is 34.4 Å². The van der Waals surface area contributed by atoms with E-state index in [0.29, 0.717) is 10.9 Å². The van der Waals surface area contributed by atoms with E-state index in [1.807, 2.05) is 6.07 Å². The number of halogens is 3. The van der Waals surface area contributed by atoms with E-state index in [2.05, 4.69) is 15.9 Å². The van der Waals surface area contributed by atoms with Crippen LogP contribution in [0.1, 0.15) is 35.6 Å². The molecule has 0 spiro atoms. The molecule has 0 aliphatic carbocycles. The summed E-state index contributed by atoms with van der Waals surface area (Å²) in [7, 11) is 0. The standard InChI is InChI=1S/C13H12BrF2NO2/c1-2-19-12(18)5-10-9(7-17)3-8(6-14)4-11(10)13(15)16/h3-4,13H,2,5-6H2,1H3. The minimum Gasteiger partial charge on any atom is -0.466 e. The van der Waals surface area contributed by atoms with Crippen molar-refractivity contribution in [3.63, 3.8) is 0 Å². The molecule has 0 atom stereocenters. The van der Waals surface area contributed by atoms with Crippen LogP contribution in [0.15, 0.2) is 12.1 Å². The molecule has 1 aromatic carbocycles. The zero-order valence-corrected chi connectivity index (χ0v) is 11.8. The predicted octanol–water partition coefficient (Wildman–Crippen LogP) is 3.50. The van der Waals surface area contributed by atoms with Crippen LogP contribution in [0.4, 0.5) is 8.78 Å². The average molecular weight is 332 g/mol. The molecule has 102 valence electrons. The summed E-state index contributed by atoms with van der Waals surface area (Å²) < 4.78 is 30.8. The number of rotatable bonds is 5. The topological polar surface area (TPSA) is 50.1 Å². The molecule has 1 rings (SSSR count). The molecule has 6 heteroatoms. The van der Waals surface area contributed by atoms with Gasteiger partial charge in [-0.3, -0.25) is 4.79 Å². The molecule has 19 heavy (non-hydrogen) atoms. The molecule has 0 saturated heterocycles. The Balaban J connectivity index is 3.26. The van der Waals surface area contributed by atoms with Gasteiger partial charge in [0.25, 0.3) is 6.43 Å². The SMILES string of the molecule is CCOC(=O)Cc1c(C#N)cc(CBr)cc1C(F)F. The fourth-order valence-electron chi connectivity index (χ4n) is 1.68. The van der Waals surface area contributed by atoms with Gasteiger partial charge in [-0.05, 0) is 30.2 Å². The molecule has 0 aliphatic heterocycles. The number of carbonyl (C=O) groups excluding carboxylic acids is 1. The smallest absolute Gasteiger partial charge is 0.310 e. The highest BCUT2D eigenvalue weighted by atomic mass is 79.9. The van der Waals surface area contributed by atoms with Crippen molar-refractivity contribution in [1.82, 2.24) is 0 Å². The van der Waals surface area contributed by atoms with Gasteiger partial charge in [0.15, 0.2) is 0 Å². The van der Waals surface area contributed by atoms with Gasteiger partial charge >= 0.3 is 5.97 Å². The van der Waals surface area contributed by atoms with Crippen LogP contribution in [0.25, 0.3) is 0 Å². The summed E-state index contributed by atoms with van der Waals surface area (Å²) in [6.45, 7) is 1.80. The van der Waals surface area contributed by atoms with Gasteiger partial charge in [-0.25, -0.2) is 8.78 Å². The zero-order chi connectivity index (χ0) is 14.4. The molecule has 0 unspecified atom stereocenters. The Labute approximate surface area is 118 Å². The van der Waals surface area contributed by atoms with Gasteiger partial charge in [0.05, 0.1) is 24.7 Å². The summed E-state index contributed by atoms with van der Waals surface area (Å²) in [5.41, 5.74) is 0.405. The Hall–Kier alpha value is -1.48. The van der Waals surface area contributed by atoms with Gasteiger partial charge in [0, 0.05) is 10.9 Å². The molecule has 0 bridgehead atoms. The second-order valence-corrected chi connectivity index (χ2v) is 4.30. The molecule has 0 N–H and O–H groups in total. The lowest BCUT2D eigenvalue weighted by atomic mass is 9.96. The van der Waals surface area contributed by atoms with E-state index in [-0.39, 0.29) is 29.7 Å². The molecule has 0 heterocycles. The maximum atomic E-state index is 13.0. The van der Waals surface area contributed by atoms with E-state index in [9.17, 15) is 13.6 Å². The molecule has 0 fully saturated rings. The second-order valence-electron chi connectivity index (χ2n) is 3.74. The predicted molar refractivity (Wildman–Crippen MR) is 69.1 cm³/mol. The van der Waals surface area contributed by atoms with E-state index >= 15 is 0 Å². The molecule has 0 radical (unpaired) electrons. The van der Waals surface area contributed by atoms with Crippen LogP contribution in [0.3, 0.4) is 0 Å². The number of carbonyl (C=O) groups is 1. The van der Waals surface area contributed by atoms with Crippen molar-refractivity contribution in [2.45, 2.75) is 25.1 Å². The number of hydrogen-bond acceptors (Lipinski definition) is 3. The summed E-state index contributed by atoms with van der Waals surface area (Å²) in [6, 6.07) is 4.65. The normalized spacial score (nSPS) is 10.3. The molecule has 0 aromatic heterocycles. The van der Waals surface area contributed by atoms with Crippen molar-refractivity contribution in [3.8, 4) is 6.07 Å². The fourth-order valence-corrected chi connectivity index (χ4v) is 2.01.